The molecule has 0 saturated carbocycles. The molecular formula is C21H27N3O5S. The number of methoxy groups -OCH3 is 1. The van der Waals surface area contributed by atoms with E-state index in [-0.39, 0.29) is 16.3 Å². The number of carbonyl (C=O) groups excluding carboxylic acids is 1. The van der Waals surface area contributed by atoms with Gasteiger partial charge in [0.05, 0.1) is 24.2 Å². The second-order valence-electron chi connectivity index (χ2n) is 8.09. The lowest BCUT2D eigenvalue weighted by atomic mass is 9.85. The first-order valence-corrected chi connectivity index (χ1v) is 11.6. The molecule has 0 N–H and O–H groups in total. The second kappa shape index (κ2) is 7.70. The molecule has 0 aliphatic carbocycles. The number of hydrogen-bond acceptors (Lipinski definition) is 6. The van der Waals surface area contributed by atoms with Crippen LogP contribution in [-0.4, -0.2) is 54.4 Å². The van der Waals surface area contributed by atoms with Crippen LogP contribution < -0.4 is 4.74 Å². The van der Waals surface area contributed by atoms with E-state index in [1.807, 2.05) is 18.7 Å². The maximum absolute atomic E-state index is 13.1. The predicted molar refractivity (Wildman–Crippen MR) is 109 cm³/mol. The lowest BCUT2D eigenvalue weighted by Crippen LogP contribution is -2.53. The van der Waals surface area contributed by atoms with Crippen molar-refractivity contribution in [3.8, 4) is 5.75 Å². The van der Waals surface area contributed by atoms with Gasteiger partial charge in [0.25, 0.3) is 0 Å². The second-order valence-corrected chi connectivity index (χ2v) is 10.0. The van der Waals surface area contributed by atoms with Crippen molar-refractivity contribution >= 4 is 15.9 Å². The molecule has 0 bridgehead atoms. The Kier molecular flexibility index (Phi) is 5.36. The highest BCUT2D eigenvalue weighted by Gasteiger charge is 2.48. The van der Waals surface area contributed by atoms with Gasteiger partial charge in [0.15, 0.2) is 0 Å². The molecule has 0 unspecified atom stereocenters. The third kappa shape index (κ3) is 3.50. The molecular weight excluding hydrogens is 406 g/mol. The van der Waals surface area contributed by atoms with E-state index in [4.69, 9.17) is 9.26 Å². The van der Waals surface area contributed by atoms with E-state index >= 15 is 0 Å². The summed E-state index contributed by atoms with van der Waals surface area (Å²) in [5, 5.41) is 4.00. The summed E-state index contributed by atoms with van der Waals surface area (Å²) in [6.07, 6.45) is 2.50. The average molecular weight is 434 g/mol. The normalized spacial score (nSPS) is 19.6. The Morgan fingerprint density at radius 3 is 2.37 bits per heavy atom. The monoisotopic (exact) mass is 433 g/mol. The molecule has 4 rings (SSSR count). The molecule has 2 aliphatic heterocycles. The number of piperidine rings is 1. The smallest absolute Gasteiger partial charge is 0.243 e. The van der Waals surface area contributed by atoms with E-state index in [9.17, 15) is 13.2 Å². The van der Waals surface area contributed by atoms with Crippen molar-refractivity contribution in [1.82, 2.24) is 14.4 Å². The number of hydrogen-bond donors (Lipinski definition) is 0. The van der Waals surface area contributed by atoms with Crippen LogP contribution in [0, 0.1) is 13.8 Å². The van der Waals surface area contributed by atoms with E-state index in [2.05, 4.69) is 5.16 Å². The minimum Gasteiger partial charge on any atom is -0.497 e. The summed E-state index contributed by atoms with van der Waals surface area (Å²) < 4.78 is 38.0. The van der Waals surface area contributed by atoms with Crippen LogP contribution in [0.5, 0.6) is 5.75 Å². The number of carbonyl (C=O) groups is 1. The van der Waals surface area contributed by atoms with E-state index in [0.29, 0.717) is 44.6 Å². The number of aromatic nitrogens is 1. The Morgan fingerprint density at radius 2 is 1.80 bits per heavy atom. The van der Waals surface area contributed by atoms with Crippen LogP contribution in [-0.2, 0) is 21.4 Å². The van der Waals surface area contributed by atoms with E-state index in [1.54, 1.807) is 31.4 Å². The first-order chi connectivity index (χ1) is 14.3. The van der Waals surface area contributed by atoms with Gasteiger partial charge in [-0.25, -0.2) is 8.42 Å². The highest BCUT2D eigenvalue weighted by molar-refractivity contribution is 7.89. The molecule has 1 aromatic carbocycles. The summed E-state index contributed by atoms with van der Waals surface area (Å²) in [6, 6.07) is 6.45. The molecule has 2 saturated heterocycles. The molecule has 3 heterocycles. The maximum atomic E-state index is 13.1. The molecule has 2 fully saturated rings. The molecule has 0 atom stereocenters. The summed E-state index contributed by atoms with van der Waals surface area (Å²) in [5.74, 6) is 1.45. The van der Waals surface area contributed by atoms with Crippen LogP contribution in [0.25, 0.3) is 0 Å². The molecule has 0 radical (unpaired) electrons. The summed E-state index contributed by atoms with van der Waals surface area (Å²) in [6.45, 7) is 4.97. The zero-order chi connectivity index (χ0) is 21.5. The van der Waals surface area contributed by atoms with Gasteiger partial charge >= 0.3 is 0 Å². The summed E-state index contributed by atoms with van der Waals surface area (Å²) in [7, 11) is -2.03. The Morgan fingerprint density at radius 1 is 1.13 bits per heavy atom. The van der Waals surface area contributed by atoms with Crippen LogP contribution in [0.15, 0.2) is 33.7 Å². The first kappa shape index (κ1) is 20.9. The molecule has 2 aliphatic rings. The highest BCUT2D eigenvalue weighted by Crippen LogP contribution is 2.41. The van der Waals surface area contributed by atoms with E-state index in [0.717, 1.165) is 23.4 Å². The topological polar surface area (TPSA) is 93.0 Å². The number of rotatable bonds is 5. The average Bonchev–Trinajstić information content (AvgIpc) is 3.23. The fourth-order valence-corrected chi connectivity index (χ4v) is 6.02. The van der Waals surface area contributed by atoms with Gasteiger partial charge in [-0.15, -0.1) is 0 Å². The molecule has 162 valence electrons. The first-order valence-electron chi connectivity index (χ1n) is 10.1. The Bertz CT molecular complexity index is 1020. The van der Waals surface area contributed by atoms with Crippen LogP contribution in [0.1, 0.15) is 42.7 Å². The van der Waals surface area contributed by atoms with Gasteiger partial charge in [0.1, 0.15) is 11.5 Å². The Labute approximate surface area is 176 Å². The quantitative estimate of drug-likeness (QED) is 0.720. The van der Waals surface area contributed by atoms with Crippen molar-refractivity contribution in [1.29, 1.82) is 0 Å². The van der Waals surface area contributed by atoms with Crippen molar-refractivity contribution in [3.63, 3.8) is 0 Å². The van der Waals surface area contributed by atoms with Gasteiger partial charge in [-0.2, -0.15) is 4.31 Å². The standard InChI is InChI=1S/C21H27N3O5S/c1-15-19(16(2)29-22-15)14-24-20(25)8-9-21(24)10-12-23(13-11-21)30(26,27)18-6-4-17(28-3)5-7-18/h4-7H,8-14H2,1-3H3. The number of benzene rings is 1. The maximum Gasteiger partial charge on any atom is 0.243 e. The molecule has 9 heteroatoms. The zero-order valence-electron chi connectivity index (χ0n) is 17.6. The Hall–Kier alpha value is -2.39. The molecule has 30 heavy (non-hydrogen) atoms. The predicted octanol–water partition coefficient (Wildman–Crippen LogP) is 2.65. The highest BCUT2D eigenvalue weighted by atomic mass is 32.2. The van der Waals surface area contributed by atoms with Crippen molar-refractivity contribution in [2.45, 2.75) is 56.5 Å². The fourth-order valence-electron chi connectivity index (χ4n) is 4.58. The number of nitrogens with zero attached hydrogens (tertiary/aromatic N) is 3. The van der Waals surface area contributed by atoms with Gasteiger partial charge < -0.3 is 14.2 Å². The third-order valence-corrected chi connectivity index (χ3v) is 8.44. The number of aryl methyl sites for hydroxylation is 2. The third-order valence-electron chi connectivity index (χ3n) is 6.53. The minimum atomic E-state index is -3.58. The lowest BCUT2D eigenvalue weighted by molar-refractivity contribution is -0.133. The van der Waals surface area contributed by atoms with Crippen molar-refractivity contribution in [3.05, 3.63) is 41.3 Å². The summed E-state index contributed by atoms with van der Waals surface area (Å²) >= 11 is 0. The van der Waals surface area contributed by atoms with Crippen LogP contribution in [0.3, 0.4) is 0 Å². The summed E-state index contributed by atoms with van der Waals surface area (Å²) in [5.41, 5.74) is 1.43. The van der Waals surface area contributed by atoms with Gasteiger partial charge in [0, 0.05) is 30.6 Å². The minimum absolute atomic E-state index is 0.112. The van der Waals surface area contributed by atoms with E-state index in [1.165, 1.54) is 4.31 Å². The van der Waals surface area contributed by atoms with Crippen LogP contribution in [0.2, 0.25) is 0 Å². The Balaban J connectivity index is 1.51. The largest absolute Gasteiger partial charge is 0.497 e. The van der Waals surface area contributed by atoms with Crippen molar-refractivity contribution < 1.29 is 22.5 Å². The van der Waals surface area contributed by atoms with Crippen molar-refractivity contribution in [2.75, 3.05) is 20.2 Å². The van der Waals surface area contributed by atoms with E-state index < -0.39 is 10.0 Å². The molecule has 8 nitrogen and oxygen atoms in total. The van der Waals surface area contributed by atoms with Crippen LogP contribution in [0.4, 0.5) is 0 Å². The van der Waals surface area contributed by atoms with Crippen molar-refractivity contribution in [2.24, 2.45) is 0 Å². The van der Waals surface area contributed by atoms with Gasteiger partial charge in [-0.1, -0.05) is 5.16 Å². The number of amides is 1. The number of likely N-dealkylation sites (tertiary alicyclic amines) is 1. The molecule has 1 spiro atoms. The molecule has 1 aromatic heterocycles. The molecule has 1 amide bonds. The SMILES string of the molecule is COc1ccc(S(=O)(=O)N2CCC3(CCC(=O)N3Cc3c(C)noc3C)CC2)cc1. The van der Waals surface area contributed by atoms with Crippen LogP contribution >= 0.6 is 0 Å². The van der Waals surface area contributed by atoms with Gasteiger partial charge in [-0.3, -0.25) is 4.79 Å². The zero-order valence-corrected chi connectivity index (χ0v) is 18.4. The van der Waals surface area contributed by atoms with Gasteiger partial charge in [-0.05, 0) is 57.4 Å². The number of sulfonamides is 1. The van der Waals surface area contributed by atoms with Gasteiger partial charge in [0.2, 0.25) is 15.9 Å². The fraction of sp³-hybridized carbons (Fsp3) is 0.524. The lowest BCUT2D eigenvalue weighted by Gasteiger charge is -2.44. The number of ether oxygens (including phenoxy) is 1. The molecule has 2 aromatic rings. The summed E-state index contributed by atoms with van der Waals surface area (Å²) in [4.78, 5) is 14.9.